The average Bonchev–Trinajstić information content (AvgIpc) is 2.53. The van der Waals surface area contributed by atoms with Crippen LogP contribution in [0.15, 0.2) is 0 Å². The van der Waals surface area contributed by atoms with Crippen LogP contribution in [0.25, 0.3) is 0 Å². The SMILES string of the molecule is CCC(=O)O.CCCCCCCCCCCC(=O)SC(C)C(=O)O. The Bertz CT molecular complexity index is 344. The molecule has 142 valence electrons. The first-order chi connectivity index (χ1) is 11.3. The Balaban J connectivity index is 0. The van der Waals surface area contributed by atoms with E-state index in [1.54, 1.807) is 13.8 Å². The van der Waals surface area contributed by atoms with Gasteiger partial charge in [-0.3, -0.25) is 14.4 Å². The van der Waals surface area contributed by atoms with Crippen molar-refractivity contribution in [2.24, 2.45) is 0 Å². The van der Waals surface area contributed by atoms with Gasteiger partial charge in [-0.05, 0) is 13.3 Å². The third kappa shape index (κ3) is 21.0. The van der Waals surface area contributed by atoms with E-state index in [0.29, 0.717) is 6.42 Å². The van der Waals surface area contributed by atoms with Crippen molar-refractivity contribution >= 4 is 28.8 Å². The highest BCUT2D eigenvalue weighted by Crippen LogP contribution is 2.17. The lowest BCUT2D eigenvalue weighted by molar-refractivity contribution is -0.137. The number of unbranched alkanes of at least 4 members (excludes halogenated alkanes) is 8. The van der Waals surface area contributed by atoms with Crippen molar-refractivity contribution in [2.75, 3.05) is 0 Å². The van der Waals surface area contributed by atoms with E-state index in [2.05, 4.69) is 6.92 Å². The fourth-order valence-corrected chi connectivity index (χ4v) is 2.64. The summed E-state index contributed by atoms with van der Waals surface area (Å²) in [4.78, 5) is 31.4. The number of carboxylic acids is 2. The summed E-state index contributed by atoms with van der Waals surface area (Å²) in [7, 11) is 0. The molecule has 0 aromatic rings. The molecule has 6 heteroatoms. The molecule has 0 aromatic carbocycles. The van der Waals surface area contributed by atoms with Gasteiger partial charge in [0.15, 0.2) is 5.12 Å². The molecule has 0 saturated heterocycles. The number of hydrogen-bond donors (Lipinski definition) is 2. The molecule has 0 aliphatic carbocycles. The largest absolute Gasteiger partial charge is 0.481 e. The molecule has 0 rings (SSSR count). The van der Waals surface area contributed by atoms with Gasteiger partial charge < -0.3 is 10.2 Å². The van der Waals surface area contributed by atoms with Crippen LogP contribution >= 0.6 is 11.8 Å². The summed E-state index contributed by atoms with van der Waals surface area (Å²) >= 11 is 0.947. The Kier molecular flexibility index (Phi) is 19.2. The first kappa shape index (κ1) is 25.2. The van der Waals surface area contributed by atoms with Gasteiger partial charge in [-0.2, -0.15) is 0 Å². The molecule has 5 nitrogen and oxygen atoms in total. The van der Waals surface area contributed by atoms with Crippen molar-refractivity contribution in [3.63, 3.8) is 0 Å². The minimum Gasteiger partial charge on any atom is -0.481 e. The summed E-state index contributed by atoms with van der Waals surface area (Å²) in [6.07, 6.45) is 11.8. The monoisotopic (exact) mass is 362 g/mol. The van der Waals surface area contributed by atoms with Crippen molar-refractivity contribution in [3.8, 4) is 0 Å². The molecule has 1 atom stereocenters. The van der Waals surface area contributed by atoms with Gasteiger partial charge >= 0.3 is 11.9 Å². The van der Waals surface area contributed by atoms with Crippen molar-refractivity contribution in [1.29, 1.82) is 0 Å². The summed E-state index contributed by atoms with van der Waals surface area (Å²) in [5.74, 6) is -1.66. The first-order valence-corrected chi connectivity index (χ1v) is 9.87. The Hall–Kier alpha value is -1.04. The van der Waals surface area contributed by atoms with Gasteiger partial charge in [0.25, 0.3) is 0 Å². The fourth-order valence-electron chi connectivity index (χ4n) is 1.89. The summed E-state index contributed by atoms with van der Waals surface area (Å²) in [5.41, 5.74) is 0. The van der Waals surface area contributed by atoms with Crippen molar-refractivity contribution < 1.29 is 24.6 Å². The highest BCUT2D eigenvalue weighted by atomic mass is 32.2. The van der Waals surface area contributed by atoms with Crippen LogP contribution in [-0.4, -0.2) is 32.5 Å². The molecule has 0 bridgehead atoms. The Morgan fingerprint density at radius 2 is 1.25 bits per heavy atom. The number of rotatable bonds is 13. The predicted octanol–water partition coefficient (Wildman–Crippen LogP) is 5.12. The molecule has 0 spiro atoms. The number of hydrogen-bond acceptors (Lipinski definition) is 4. The predicted molar refractivity (Wildman–Crippen MR) is 99.5 cm³/mol. The molecule has 0 amide bonds. The normalized spacial score (nSPS) is 11.3. The number of carbonyl (C=O) groups is 3. The zero-order valence-electron chi connectivity index (χ0n) is 15.4. The molecular formula is C18H34O5S. The van der Waals surface area contributed by atoms with E-state index in [1.165, 1.54) is 44.9 Å². The van der Waals surface area contributed by atoms with E-state index in [-0.39, 0.29) is 11.5 Å². The second kappa shape index (κ2) is 18.3. The minimum atomic E-state index is -0.912. The third-order valence-corrected chi connectivity index (χ3v) is 4.47. The van der Waals surface area contributed by atoms with Crippen LogP contribution in [-0.2, 0) is 14.4 Å². The topological polar surface area (TPSA) is 91.7 Å². The lowest BCUT2D eigenvalue weighted by Gasteiger charge is -2.05. The maximum Gasteiger partial charge on any atom is 0.316 e. The molecule has 0 heterocycles. The van der Waals surface area contributed by atoms with Gasteiger partial charge in [0.2, 0.25) is 0 Å². The van der Waals surface area contributed by atoms with E-state index in [4.69, 9.17) is 10.2 Å². The van der Waals surface area contributed by atoms with Gasteiger partial charge in [-0.25, -0.2) is 0 Å². The van der Waals surface area contributed by atoms with Gasteiger partial charge in [0.1, 0.15) is 5.25 Å². The van der Waals surface area contributed by atoms with E-state index in [1.807, 2.05) is 0 Å². The van der Waals surface area contributed by atoms with Crippen LogP contribution in [0.2, 0.25) is 0 Å². The molecule has 2 N–H and O–H groups in total. The van der Waals surface area contributed by atoms with Crippen LogP contribution in [0, 0.1) is 0 Å². The molecule has 1 unspecified atom stereocenters. The van der Waals surface area contributed by atoms with E-state index >= 15 is 0 Å². The average molecular weight is 363 g/mol. The molecule has 0 fully saturated rings. The molecule has 0 saturated carbocycles. The lowest BCUT2D eigenvalue weighted by Crippen LogP contribution is -2.14. The second-order valence-electron chi connectivity index (χ2n) is 5.80. The zero-order chi connectivity index (χ0) is 18.8. The number of thioether (sulfide) groups is 1. The highest BCUT2D eigenvalue weighted by Gasteiger charge is 2.15. The third-order valence-electron chi connectivity index (χ3n) is 3.44. The van der Waals surface area contributed by atoms with Crippen LogP contribution in [0.3, 0.4) is 0 Å². The Morgan fingerprint density at radius 3 is 1.62 bits per heavy atom. The van der Waals surface area contributed by atoms with Crippen LogP contribution < -0.4 is 0 Å². The van der Waals surface area contributed by atoms with Gasteiger partial charge in [0, 0.05) is 12.8 Å². The molecular weight excluding hydrogens is 328 g/mol. The fraction of sp³-hybridized carbons (Fsp3) is 0.833. The standard InChI is InChI=1S/C15H28O3S.C3H6O2/c1-3-4-5-6-7-8-9-10-11-12-14(16)19-13(2)15(17)18;1-2-3(4)5/h13H,3-12H2,1-2H3,(H,17,18);2H2,1H3,(H,4,5). The van der Waals surface area contributed by atoms with Crippen molar-refractivity contribution in [3.05, 3.63) is 0 Å². The molecule has 24 heavy (non-hydrogen) atoms. The Morgan fingerprint density at radius 1 is 0.833 bits per heavy atom. The maximum absolute atomic E-state index is 11.5. The number of aliphatic carboxylic acids is 2. The van der Waals surface area contributed by atoms with E-state index in [0.717, 1.165) is 24.6 Å². The number of carbonyl (C=O) groups excluding carboxylic acids is 1. The molecule has 0 aromatic heterocycles. The smallest absolute Gasteiger partial charge is 0.316 e. The summed E-state index contributed by atoms with van der Waals surface area (Å²) in [6.45, 7) is 5.38. The second-order valence-corrected chi connectivity index (χ2v) is 7.19. The van der Waals surface area contributed by atoms with E-state index in [9.17, 15) is 14.4 Å². The van der Waals surface area contributed by atoms with Crippen LogP contribution in [0.1, 0.15) is 91.4 Å². The summed E-state index contributed by atoms with van der Waals surface area (Å²) in [5, 5.41) is 15.8. The van der Waals surface area contributed by atoms with E-state index < -0.39 is 17.2 Å². The number of carboxylic acid groups (broad SMARTS) is 2. The highest BCUT2D eigenvalue weighted by molar-refractivity contribution is 8.14. The zero-order valence-corrected chi connectivity index (χ0v) is 16.2. The van der Waals surface area contributed by atoms with Gasteiger partial charge in [0.05, 0.1) is 0 Å². The summed E-state index contributed by atoms with van der Waals surface area (Å²) < 4.78 is 0. The molecule has 0 aliphatic heterocycles. The van der Waals surface area contributed by atoms with Gasteiger partial charge in [-0.1, -0.05) is 77.0 Å². The Labute approximate surface area is 150 Å². The molecule has 0 radical (unpaired) electrons. The minimum absolute atomic E-state index is 0.0119. The quantitative estimate of drug-likeness (QED) is 0.442. The van der Waals surface area contributed by atoms with Crippen molar-refractivity contribution in [2.45, 2.75) is 96.7 Å². The van der Waals surface area contributed by atoms with Crippen molar-refractivity contribution in [1.82, 2.24) is 0 Å². The summed E-state index contributed by atoms with van der Waals surface area (Å²) in [6, 6.07) is 0. The molecule has 0 aliphatic rings. The lowest BCUT2D eigenvalue weighted by atomic mass is 10.1. The van der Waals surface area contributed by atoms with Crippen LogP contribution in [0.4, 0.5) is 0 Å². The van der Waals surface area contributed by atoms with Gasteiger partial charge in [-0.15, -0.1) is 0 Å². The maximum atomic E-state index is 11.5. The first-order valence-electron chi connectivity index (χ1n) is 8.99. The van der Waals surface area contributed by atoms with Crippen LogP contribution in [0.5, 0.6) is 0 Å².